The Labute approximate surface area is 165 Å². The quantitative estimate of drug-likeness (QED) is 0.522. The lowest BCUT2D eigenvalue weighted by Gasteiger charge is -2.17. The van der Waals surface area contributed by atoms with Gasteiger partial charge in [-0.2, -0.15) is 18.3 Å². The van der Waals surface area contributed by atoms with Crippen molar-refractivity contribution >= 4 is 17.3 Å². The van der Waals surface area contributed by atoms with E-state index in [4.69, 9.17) is 11.6 Å². The lowest BCUT2D eigenvalue weighted by molar-refractivity contribution is -0.141. The van der Waals surface area contributed by atoms with Gasteiger partial charge in [0.15, 0.2) is 11.5 Å². The van der Waals surface area contributed by atoms with E-state index < -0.39 is 40.1 Å². The first kappa shape index (κ1) is 19.4. The molecule has 0 unspecified atom stereocenters. The Morgan fingerprint density at radius 2 is 1.76 bits per heavy atom. The maximum Gasteiger partial charge on any atom is 0.434 e. The van der Waals surface area contributed by atoms with E-state index in [-0.39, 0.29) is 22.8 Å². The van der Waals surface area contributed by atoms with Gasteiger partial charge in [-0.1, -0.05) is 17.7 Å². The number of halogens is 6. The van der Waals surface area contributed by atoms with Crippen LogP contribution in [0, 0.1) is 18.6 Å². The summed E-state index contributed by atoms with van der Waals surface area (Å²) >= 11 is 6.08. The summed E-state index contributed by atoms with van der Waals surface area (Å²) in [6, 6.07) is 2.33. The van der Waals surface area contributed by atoms with E-state index in [0.717, 1.165) is 24.4 Å². The summed E-state index contributed by atoms with van der Waals surface area (Å²) in [5.74, 6) is -1.38. The van der Waals surface area contributed by atoms with Crippen molar-refractivity contribution in [3.05, 3.63) is 69.5 Å². The lowest BCUT2D eigenvalue weighted by Crippen LogP contribution is -2.17. The van der Waals surface area contributed by atoms with Gasteiger partial charge in [-0.25, -0.2) is 23.4 Å². The second kappa shape index (κ2) is 6.58. The minimum absolute atomic E-state index is 0.00986. The molecular formula is C18H11ClF5N5. The zero-order chi connectivity index (χ0) is 21.1. The lowest BCUT2D eigenvalue weighted by atomic mass is 9.99. The van der Waals surface area contributed by atoms with Crippen molar-refractivity contribution in [1.29, 1.82) is 0 Å². The number of hydrogen-bond donors (Lipinski definition) is 0. The van der Waals surface area contributed by atoms with Crippen LogP contribution in [0.15, 0.2) is 29.4 Å². The average molecular weight is 428 g/mol. The second-order valence-corrected chi connectivity index (χ2v) is 6.74. The predicted octanol–water partition coefficient (Wildman–Crippen LogP) is 4.83. The molecule has 0 radical (unpaired) electrons. The summed E-state index contributed by atoms with van der Waals surface area (Å²) in [5.41, 5.74) is -2.69. The molecule has 0 saturated carbocycles. The van der Waals surface area contributed by atoms with Crippen LogP contribution in [-0.2, 0) is 6.18 Å². The Bertz CT molecular complexity index is 1150. The van der Waals surface area contributed by atoms with E-state index in [2.05, 4.69) is 20.1 Å². The Morgan fingerprint density at radius 3 is 2.38 bits per heavy atom. The molecular weight excluding hydrogens is 417 g/mol. The van der Waals surface area contributed by atoms with Gasteiger partial charge in [-0.3, -0.25) is 4.99 Å². The normalized spacial score (nSPS) is 16.1. The molecule has 1 atom stereocenters. The van der Waals surface area contributed by atoms with Gasteiger partial charge in [-0.05, 0) is 26.0 Å². The van der Waals surface area contributed by atoms with Gasteiger partial charge in [0.25, 0.3) is 0 Å². The van der Waals surface area contributed by atoms with Crippen LogP contribution in [-0.4, -0.2) is 25.5 Å². The molecule has 4 rings (SSSR count). The third-order valence-electron chi connectivity index (χ3n) is 4.37. The number of fused-ring (bicyclic) bond motifs is 3. The van der Waals surface area contributed by atoms with Gasteiger partial charge < -0.3 is 0 Å². The van der Waals surface area contributed by atoms with E-state index in [0.29, 0.717) is 5.82 Å². The number of nitrogens with zero attached hydrogens (tertiary/aromatic N) is 5. The highest BCUT2D eigenvalue weighted by atomic mass is 35.5. The molecule has 0 aliphatic carbocycles. The Morgan fingerprint density at radius 1 is 1.10 bits per heavy atom. The fourth-order valence-corrected chi connectivity index (χ4v) is 3.51. The molecule has 0 fully saturated rings. The average Bonchev–Trinajstić information content (AvgIpc) is 2.96. The highest BCUT2D eigenvalue weighted by Gasteiger charge is 2.39. The molecule has 0 spiro atoms. The van der Waals surface area contributed by atoms with E-state index in [9.17, 15) is 22.0 Å². The molecule has 1 aliphatic heterocycles. The van der Waals surface area contributed by atoms with Crippen molar-refractivity contribution < 1.29 is 22.0 Å². The molecule has 150 valence electrons. The van der Waals surface area contributed by atoms with E-state index in [1.54, 1.807) is 13.8 Å². The summed E-state index contributed by atoms with van der Waals surface area (Å²) in [6.45, 7) is 3.17. The maximum atomic E-state index is 14.5. The molecule has 5 nitrogen and oxygen atoms in total. The van der Waals surface area contributed by atoms with Gasteiger partial charge in [0.1, 0.15) is 23.5 Å². The van der Waals surface area contributed by atoms with Crippen molar-refractivity contribution in [3.63, 3.8) is 0 Å². The predicted molar refractivity (Wildman–Crippen MR) is 94.3 cm³/mol. The molecule has 11 heteroatoms. The molecule has 0 bridgehead atoms. The summed E-state index contributed by atoms with van der Waals surface area (Å²) < 4.78 is 70.6. The van der Waals surface area contributed by atoms with Gasteiger partial charge >= 0.3 is 6.18 Å². The number of benzene rings is 1. The zero-order valence-electron chi connectivity index (χ0n) is 14.9. The summed E-state index contributed by atoms with van der Waals surface area (Å²) in [4.78, 5) is 11.9. The van der Waals surface area contributed by atoms with E-state index >= 15 is 0 Å². The summed E-state index contributed by atoms with van der Waals surface area (Å²) in [5, 5.41) is 3.34. The summed E-state index contributed by atoms with van der Waals surface area (Å²) in [7, 11) is 0. The number of rotatable bonds is 1. The van der Waals surface area contributed by atoms with Crippen molar-refractivity contribution in [2.24, 2.45) is 4.99 Å². The molecule has 1 aliphatic rings. The molecule has 3 aromatic rings. The van der Waals surface area contributed by atoms with Gasteiger partial charge in [0.05, 0.1) is 28.2 Å². The van der Waals surface area contributed by atoms with Crippen LogP contribution in [0.5, 0.6) is 0 Å². The smallest absolute Gasteiger partial charge is 0.273 e. The van der Waals surface area contributed by atoms with Crippen LogP contribution in [0.3, 0.4) is 0 Å². The van der Waals surface area contributed by atoms with Gasteiger partial charge in [0.2, 0.25) is 0 Å². The minimum atomic E-state index is -4.88. The first-order valence-electron chi connectivity index (χ1n) is 8.31. The number of hydrogen-bond acceptors (Lipinski definition) is 4. The Balaban J connectivity index is 2.14. The standard InChI is InChI=1S/C18H11ClF5N5/c1-7-17-27-8(2)28-29(17)11-6-25-16(18(22,23)24)14(19)13(11)15(26-7)12-9(20)4-3-5-10(12)21/h3-7H,1-2H3/t7-/m0/s1. The fraction of sp³-hybridized carbons (Fsp3) is 0.222. The molecule has 0 amide bonds. The zero-order valence-corrected chi connectivity index (χ0v) is 15.6. The van der Waals surface area contributed by atoms with Crippen molar-refractivity contribution in [3.8, 4) is 5.69 Å². The third kappa shape index (κ3) is 3.07. The highest BCUT2D eigenvalue weighted by molar-refractivity contribution is 6.37. The molecule has 3 heterocycles. The van der Waals surface area contributed by atoms with Crippen LogP contribution in [0.1, 0.15) is 41.4 Å². The highest BCUT2D eigenvalue weighted by Crippen LogP contribution is 2.40. The Kier molecular flexibility index (Phi) is 4.41. The number of alkyl halides is 3. The largest absolute Gasteiger partial charge is 0.434 e. The topological polar surface area (TPSA) is 56.0 Å². The minimum Gasteiger partial charge on any atom is -0.273 e. The third-order valence-corrected chi connectivity index (χ3v) is 4.74. The molecule has 1 aromatic carbocycles. The first-order valence-corrected chi connectivity index (χ1v) is 8.69. The monoisotopic (exact) mass is 427 g/mol. The number of aromatic nitrogens is 4. The molecule has 0 N–H and O–H groups in total. The molecule has 0 saturated heterocycles. The van der Waals surface area contributed by atoms with E-state index in [1.165, 1.54) is 4.68 Å². The van der Waals surface area contributed by atoms with Gasteiger partial charge in [-0.15, -0.1) is 0 Å². The van der Waals surface area contributed by atoms with Crippen LogP contribution in [0.25, 0.3) is 5.69 Å². The van der Waals surface area contributed by atoms with Crippen LogP contribution >= 0.6 is 11.6 Å². The van der Waals surface area contributed by atoms with Crippen molar-refractivity contribution in [2.75, 3.05) is 0 Å². The molecule has 29 heavy (non-hydrogen) atoms. The van der Waals surface area contributed by atoms with Gasteiger partial charge in [0, 0.05) is 5.56 Å². The maximum absolute atomic E-state index is 14.5. The number of aliphatic imine (C=N–C) groups is 1. The second-order valence-electron chi connectivity index (χ2n) is 6.36. The summed E-state index contributed by atoms with van der Waals surface area (Å²) in [6.07, 6.45) is -3.99. The van der Waals surface area contributed by atoms with E-state index in [1.807, 2.05) is 0 Å². The van der Waals surface area contributed by atoms with Crippen LogP contribution in [0.4, 0.5) is 22.0 Å². The SMILES string of the molecule is Cc1nc2n(n1)-c1cnc(C(F)(F)F)c(Cl)c1C(c1c(F)cccc1F)=N[C@H]2C. The number of pyridine rings is 1. The fourth-order valence-electron chi connectivity index (χ4n) is 3.17. The van der Waals surface area contributed by atoms with Crippen LogP contribution in [0.2, 0.25) is 5.02 Å². The van der Waals surface area contributed by atoms with Crippen LogP contribution < -0.4 is 0 Å². The van der Waals surface area contributed by atoms with Crippen molar-refractivity contribution in [2.45, 2.75) is 26.1 Å². The first-order chi connectivity index (χ1) is 13.6. The van der Waals surface area contributed by atoms with Crippen molar-refractivity contribution in [1.82, 2.24) is 19.7 Å². The molecule has 2 aromatic heterocycles. The Hall–Kier alpha value is -2.88. The number of aryl methyl sites for hydroxylation is 1.